The molecule has 0 spiro atoms. The van der Waals surface area contributed by atoms with Crippen LogP contribution < -0.4 is 11.1 Å². The number of carboxylic acid groups (broad SMARTS) is 1. The van der Waals surface area contributed by atoms with E-state index in [2.05, 4.69) is 5.32 Å². The molecule has 0 aromatic rings. The molecule has 0 heterocycles. The van der Waals surface area contributed by atoms with Crippen molar-refractivity contribution in [3.63, 3.8) is 0 Å². The number of hydrogen-bond donors (Lipinski definition) is 3. The number of carbonyl (C=O) groups is 2. The lowest BCUT2D eigenvalue weighted by Gasteiger charge is -2.16. The van der Waals surface area contributed by atoms with Gasteiger partial charge in [-0.05, 0) is 12.8 Å². The van der Waals surface area contributed by atoms with Crippen molar-refractivity contribution < 1.29 is 14.7 Å². The second-order valence-corrected chi connectivity index (χ2v) is 4.43. The normalized spacial score (nSPS) is 24.6. The van der Waals surface area contributed by atoms with Crippen LogP contribution in [-0.2, 0) is 9.59 Å². The third kappa shape index (κ3) is 4.19. The molecule has 5 nitrogen and oxygen atoms in total. The number of aliphatic carboxylic acids is 1. The van der Waals surface area contributed by atoms with Crippen LogP contribution in [0, 0.1) is 5.92 Å². The molecule has 0 saturated carbocycles. The van der Waals surface area contributed by atoms with Gasteiger partial charge in [0.1, 0.15) is 6.04 Å². The Morgan fingerprint density at radius 3 is 2.71 bits per heavy atom. The van der Waals surface area contributed by atoms with Crippen molar-refractivity contribution in [3.8, 4) is 0 Å². The van der Waals surface area contributed by atoms with Crippen molar-refractivity contribution in [1.29, 1.82) is 0 Å². The van der Waals surface area contributed by atoms with E-state index in [0.29, 0.717) is 12.8 Å². The van der Waals surface area contributed by atoms with Crippen LogP contribution >= 0.6 is 0 Å². The number of carboxylic acids is 1. The van der Waals surface area contributed by atoms with Crippen molar-refractivity contribution in [2.45, 2.75) is 44.7 Å². The van der Waals surface area contributed by atoms with Gasteiger partial charge in [0.05, 0.1) is 5.92 Å². The van der Waals surface area contributed by atoms with E-state index in [9.17, 15) is 9.59 Å². The first-order valence-electron chi connectivity index (χ1n) is 6.01. The quantitative estimate of drug-likeness (QED) is 0.594. The molecule has 5 heteroatoms. The summed E-state index contributed by atoms with van der Waals surface area (Å²) >= 11 is 0. The van der Waals surface area contributed by atoms with Gasteiger partial charge >= 0.3 is 5.97 Å². The van der Waals surface area contributed by atoms with Crippen molar-refractivity contribution >= 4 is 11.9 Å². The minimum absolute atomic E-state index is 0.0929. The molecule has 0 fully saturated rings. The maximum absolute atomic E-state index is 11.8. The topological polar surface area (TPSA) is 92.4 Å². The number of hydrogen-bond acceptors (Lipinski definition) is 3. The number of rotatable bonds is 6. The van der Waals surface area contributed by atoms with Crippen LogP contribution in [0.4, 0.5) is 0 Å². The number of nitrogens with two attached hydrogens (primary N) is 1. The number of nitrogens with one attached hydrogen (secondary N) is 1. The Kier molecular flexibility index (Phi) is 5.15. The Hall–Kier alpha value is -1.36. The summed E-state index contributed by atoms with van der Waals surface area (Å²) in [6, 6.07) is -0.877. The van der Waals surface area contributed by atoms with Crippen LogP contribution in [0.25, 0.3) is 0 Å². The SMILES string of the molecule is CCCC[C@H](NC(=O)C1C=CC(N)C1)C(=O)O. The van der Waals surface area contributed by atoms with E-state index in [4.69, 9.17) is 10.8 Å². The summed E-state index contributed by atoms with van der Waals surface area (Å²) in [7, 11) is 0. The first kappa shape index (κ1) is 13.7. The summed E-state index contributed by atoms with van der Waals surface area (Å²) in [5.74, 6) is -1.50. The fourth-order valence-corrected chi connectivity index (χ4v) is 1.87. The predicted molar refractivity (Wildman–Crippen MR) is 64.3 cm³/mol. The highest BCUT2D eigenvalue weighted by molar-refractivity contribution is 5.86. The molecule has 2 unspecified atom stereocenters. The summed E-state index contributed by atoms with van der Waals surface area (Å²) in [5, 5.41) is 11.6. The highest BCUT2D eigenvalue weighted by atomic mass is 16.4. The molecule has 96 valence electrons. The van der Waals surface area contributed by atoms with Crippen LogP contribution in [0.1, 0.15) is 32.6 Å². The van der Waals surface area contributed by atoms with Gasteiger partial charge in [-0.2, -0.15) is 0 Å². The van der Waals surface area contributed by atoms with Crippen molar-refractivity contribution in [2.75, 3.05) is 0 Å². The number of carbonyl (C=O) groups excluding carboxylic acids is 1. The molecule has 3 atom stereocenters. The molecule has 1 aliphatic rings. The molecule has 0 radical (unpaired) electrons. The Balaban J connectivity index is 2.46. The molecule has 0 aromatic heterocycles. The minimum Gasteiger partial charge on any atom is -0.480 e. The molecule has 1 aliphatic carbocycles. The Morgan fingerprint density at radius 2 is 2.24 bits per heavy atom. The second-order valence-electron chi connectivity index (χ2n) is 4.43. The van der Waals surface area contributed by atoms with Crippen LogP contribution in [0.5, 0.6) is 0 Å². The summed E-state index contributed by atoms with van der Waals surface area (Å²) in [4.78, 5) is 22.8. The summed E-state index contributed by atoms with van der Waals surface area (Å²) in [6.07, 6.45) is 6.27. The molecule has 0 bridgehead atoms. The molecule has 1 rings (SSSR count). The Labute approximate surface area is 101 Å². The standard InChI is InChI=1S/C12H20N2O3/c1-2-3-4-10(12(16)17)14-11(15)8-5-6-9(13)7-8/h5-6,8-10H,2-4,7,13H2,1H3,(H,14,15)(H,16,17)/t8?,9?,10-/m0/s1. The molecular formula is C12H20N2O3. The van der Waals surface area contributed by atoms with E-state index in [0.717, 1.165) is 12.8 Å². The Bertz CT molecular complexity index is 315. The molecular weight excluding hydrogens is 220 g/mol. The first-order valence-corrected chi connectivity index (χ1v) is 6.01. The van der Waals surface area contributed by atoms with Gasteiger partial charge in [0, 0.05) is 6.04 Å². The van der Waals surface area contributed by atoms with Gasteiger partial charge in [-0.15, -0.1) is 0 Å². The van der Waals surface area contributed by atoms with Gasteiger partial charge in [-0.25, -0.2) is 4.79 Å². The lowest BCUT2D eigenvalue weighted by atomic mass is 10.1. The van der Waals surface area contributed by atoms with Gasteiger partial charge in [-0.1, -0.05) is 31.9 Å². The van der Waals surface area contributed by atoms with Gasteiger partial charge in [0.15, 0.2) is 0 Å². The molecule has 4 N–H and O–H groups in total. The van der Waals surface area contributed by atoms with E-state index in [1.165, 1.54) is 0 Å². The fourth-order valence-electron chi connectivity index (χ4n) is 1.87. The second kappa shape index (κ2) is 6.39. The van der Waals surface area contributed by atoms with E-state index < -0.39 is 12.0 Å². The maximum Gasteiger partial charge on any atom is 0.326 e. The first-order chi connectivity index (χ1) is 8.04. The largest absolute Gasteiger partial charge is 0.480 e. The van der Waals surface area contributed by atoms with Crippen LogP contribution in [-0.4, -0.2) is 29.1 Å². The minimum atomic E-state index is -0.974. The van der Waals surface area contributed by atoms with Crippen LogP contribution in [0.15, 0.2) is 12.2 Å². The zero-order valence-corrected chi connectivity index (χ0v) is 10.1. The highest BCUT2D eigenvalue weighted by Gasteiger charge is 2.26. The zero-order valence-electron chi connectivity index (χ0n) is 10.1. The Morgan fingerprint density at radius 1 is 1.53 bits per heavy atom. The fraction of sp³-hybridized carbons (Fsp3) is 0.667. The van der Waals surface area contributed by atoms with E-state index in [-0.39, 0.29) is 17.9 Å². The molecule has 0 aliphatic heterocycles. The van der Waals surface area contributed by atoms with E-state index in [1.807, 2.05) is 6.92 Å². The van der Waals surface area contributed by atoms with E-state index in [1.54, 1.807) is 12.2 Å². The third-order valence-electron chi connectivity index (χ3n) is 2.91. The van der Waals surface area contributed by atoms with Gasteiger partial charge < -0.3 is 16.2 Å². The predicted octanol–water partition coefficient (Wildman–Crippen LogP) is 0.649. The summed E-state index contributed by atoms with van der Waals surface area (Å²) < 4.78 is 0. The smallest absolute Gasteiger partial charge is 0.326 e. The van der Waals surface area contributed by atoms with Crippen molar-refractivity contribution in [1.82, 2.24) is 5.32 Å². The van der Waals surface area contributed by atoms with Gasteiger partial charge in [0.2, 0.25) is 5.91 Å². The number of unbranched alkanes of at least 4 members (excludes halogenated alkanes) is 1. The van der Waals surface area contributed by atoms with Crippen LogP contribution in [0.3, 0.4) is 0 Å². The summed E-state index contributed by atoms with van der Waals surface area (Å²) in [6.45, 7) is 1.99. The lowest BCUT2D eigenvalue weighted by molar-refractivity contribution is -0.142. The summed E-state index contributed by atoms with van der Waals surface area (Å²) in [5.41, 5.74) is 5.65. The van der Waals surface area contributed by atoms with Crippen molar-refractivity contribution in [2.24, 2.45) is 11.7 Å². The van der Waals surface area contributed by atoms with E-state index >= 15 is 0 Å². The van der Waals surface area contributed by atoms with Gasteiger partial charge in [-0.3, -0.25) is 4.79 Å². The zero-order chi connectivity index (χ0) is 12.8. The monoisotopic (exact) mass is 240 g/mol. The molecule has 17 heavy (non-hydrogen) atoms. The highest BCUT2D eigenvalue weighted by Crippen LogP contribution is 2.16. The lowest BCUT2D eigenvalue weighted by Crippen LogP contribution is -2.43. The maximum atomic E-state index is 11.8. The van der Waals surface area contributed by atoms with Crippen molar-refractivity contribution in [3.05, 3.63) is 12.2 Å². The number of amides is 1. The third-order valence-corrected chi connectivity index (χ3v) is 2.91. The molecule has 0 aromatic carbocycles. The van der Waals surface area contributed by atoms with Gasteiger partial charge in [0.25, 0.3) is 0 Å². The molecule has 0 saturated heterocycles. The average molecular weight is 240 g/mol. The van der Waals surface area contributed by atoms with Crippen LogP contribution in [0.2, 0.25) is 0 Å². The molecule has 1 amide bonds. The average Bonchev–Trinajstić information content (AvgIpc) is 2.70.